The van der Waals surface area contributed by atoms with Gasteiger partial charge in [-0.3, -0.25) is 4.79 Å². The van der Waals surface area contributed by atoms with Crippen molar-refractivity contribution in [1.29, 1.82) is 0 Å². The first-order chi connectivity index (χ1) is 14.1. The summed E-state index contributed by atoms with van der Waals surface area (Å²) in [6, 6.07) is 16.2. The Morgan fingerprint density at radius 1 is 0.897 bits per heavy atom. The third-order valence-electron chi connectivity index (χ3n) is 5.04. The lowest BCUT2D eigenvalue weighted by atomic mass is 10.2. The zero-order valence-corrected chi connectivity index (χ0v) is 17.5. The van der Waals surface area contributed by atoms with Crippen molar-refractivity contribution in [3.05, 3.63) is 60.2 Å². The quantitative estimate of drug-likeness (QED) is 0.647. The van der Waals surface area contributed by atoms with E-state index in [-0.39, 0.29) is 10.8 Å². The van der Waals surface area contributed by atoms with Crippen molar-refractivity contribution in [2.75, 3.05) is 31.5 Å². The van der Waals surface area contributed by atoms with Crippen LogP contribution in [0.1, 0.15) is 42.5 Å². The fourth-order valence-corrected chi connectivity index (χ4v) is 4.97. The van der Waals surface area contributed by atoms with E-state index in [4.69, 9.17) is 0 Å². The molecule has 7 heteroatoms. The van der Waals surface area contributed by atoms with Gasteiger partial charge in [0.25, 0.3) is 5.91 Å². The zero-order valence-electron chi connectivity index (χ0n) is 16.6. The van der Waals surface area contributed by atoms with Crippen molar-refractivity contribution in [2.24, 2.45) is 0 Å². The molecule has 0 atom stereocenters. The number of anilines is 1. The average molecular weight is 416 g/mol. The summed E-state index contributed by atoms with van der Waals surface area (Å²) in [5.41, 5.74) is 1.42. The number of hydrogen-bond acceptors (Lipinski definition) is 4. The second kappa shape index (κ2) is 10.4. The van der Waals surface area contributed by atoms with Gasteiger partial charge in [0.1, 0.15) is 0 Å². The van der Waals surface area contributed by atoms with Gasteiger partial charge in [0.2, 0.25) is 10.0 Å². The highest BCUT2D eigenvalue weighted by atomic mass is 32.2. The Labute approximate surface area is 173 Å². The lowest BCUT2D eigenvalue weighted by molar-refractivity contribution is 0.0953. The Kier molecular flexibility index (Phi) is 7.66. The van der Waals surface area contributed by atoms with Gasteiger partial charge in [-0.15, -0.1) is 0 Å². The number of nitrogens with one attached hydrogen (secondary N) is 2. The predicted molar refractivity (Wildman–Crippen MR) is 116 cm³/mol. The van der Waals surface area contributed by atoms with Gasteiger partial charge in [0.15, 0.2) is 0 Å². The molecule has 0 unspecified atom stereocenters. The highest BCUT2D eigenvalue weighted by Crippen LogP contribution is 2.21. The van der Waals surface area contributed by atoms with Crippen LogP contribution in [0.5, 0.6) is 0 Å². The van der Waals surface area contributed by atoms with Crippen LogP contribution in [-0.2, 0) is 10.0 Å². The fraction of sp³-hybridized carbons (Fsp3) is 0.409. The monoisotopic (exact) mass is 415 g/mol. The number of rotatable bonds is 8. The third kappa shape index (κ3) is 6.05. The van der Waals surface area contributed by atoms with Crippen molar-refractivity contribution in [3.63, 3.8) is 0 Å². The molecule has 3 rings (SSSR count). The lowest BCUT2D eigenvalue weighted by Crippen LogP contribution is -2.32. The van der Waals surface area contributed by atoms with Gasteiger partial charge in [-0.25, -0.2) is 8.42 Å². The van der Waals surface area contributed by atoms with Gasteiger partial charge in [-0.2, -0.15) is 4.31 Å². The normalized spacial score (nSPS) is 15.4. The van der Waals surface area contributed by atoms with Crippen LogP contribution in [0.4, 0.5) is 5.69 Å². The van der Waals surface area contributed by atoms with Crippen molar-refractivity contribution >= 4 is 21.6 Å². The molecular formula is C22H29N3O3S. The highest BCUT2D eigenvalue weighted by molar-refractivity contribution is 7.89. The topological polar surface area (TPSA) is 78.5 Å². The molecule has 2 aromatic carbocycles. The molecule has 156 valence electrons. The summed E-state index contributed by atoms with van der Waals surface area (Å²) >= 11 is 0. The molecular weight excluding hydrogens is 386 g/mol. The Hall–Kier alpha value is -2.38. The van der Waals surface area contributed by atoms with E-state index in [1.165, 1.54) is 6.07 Å². The summed E-state index contributed by atoms with van der Waals surface area (Å²) in [5.74, 6) is -0.252. The Bertz CT molecular complexity index is 893. The summed E-state index contributed by atoms with van der Waals surface area (Å²) in [5, 5.41) is 6.16. The Morgan fingerprint density at radius 3 is 2.34 bits per heavy atom. The van der Waals surface area contributed by atoms with E-state index in [0.29, 0.717) is 25.2 Å². The van der Waals surface area contributed by atoms with E-state index >= 15 is 0 Å². The van der Waals surface area contributed by atoms with E-state index < -0.39 is 10.0 Å². The molecule has 1 saturated heterocycles. The molecule has 2 N–H and O–H groups in total. The van der Waals surface area contributed by atoms with Crippen molar-refractivity contribution in [3.8, 4) is 0 Å². The zero-order chi connectivity index (χ0) is 20.5. The van der Waals surface area contributed by atoms with Crippen LogP contribution < -0.4 is 10.6 Å². The highest BCUT2D eigenvalue weighted by Gasteiger charge is 2.25. The van der Waals surface area contributed by atoms with Crippen molar-refractivity contribution in [1.82, 2.24) is 9.62 Å². The molecule has 0 radical (unpaired) electrons. The maximum absolute atomic E-state index is 12.9. The van der Waals surface area contributed by atoms with Gasteiger partial charge in [-0.1, -0.05) is 37.1 Å². The van der Waals surface area contributed by atoms with E-state index in [0.717, 1.165) is 44.3 Å². The molecule has 29 heavy (non-hydrogen) atoms. The number of para-hydroxylation sites is 1. The minimum Gasteiger partial charge on any atom is -0.385 e. The molecule has 0 aliphatic carbocycles. The number of hydrogen-bond donors (Lipinski definition) is 2. The minimum atomic E-state index is -3.56. The first-order valence-corrected chi connectivity index (χ1v) is 11.7. The number of nitrogens with zero attached hydrogens (tertiary/aromatic N) is 1. The fourth-order valence-electron chi connectivity index (χ4n) is 3.41. The predicted octanol–water partition coefficient (Wildman–Crippen LogP) is 3.48. The van der Waals surface area contributed by atoms with Crippen LogP contribution in [0.3, 0.4) is 0 Å². The standard InChI is InChI=1S/C22H29N3O3S/c26-22(24-15-9-14-23-20-11-4-3-5-12-20)19-10-8-13-21(18-19)29(27,28)25-16-6-1-2-7-17-25/h3-5,8,10-13,18,23H,1-2,6-7,9,14-17H2,(H,24,26). The average Bonchev–Trinajstić information content (AvgIpc) is 3.04. The number of sulfonamides is 1. The molecule has 0 spiro atoms. The number of carbonyl (C=O) groups is 1. The van der Waals surface area contributed by atoms with Crippen LogP contribution in [0.25, 0.3) is 0 Å². The molecule has 1 aliphatic heterocycles. The van der Waals surface area contributed by atoms with E-state index in [1.807, 2.05) is 30.3 Å². The number of benzene rings is 2. The summed E-state index contributed by atoms with van der Waals surface area (Å²) in [6.07, 6.45) is 4.67. The molecule has 1 amide bonds. The van der Waals surface area contributed by atoms with Gasteiger partial charge >= 0.3 is 0 Å². The Balaban J connectivity index is 1.53. The molecule has 0 saturated carbocycles. The molecule has 1 heterocycles. The first kappa shape index (κ1) is 21.3. The summed E-state index contributed by atoms with van der Waals surface area (Å²) in [6.45, 7) is 2.36. The smallest absolute Gasteiger partial charge is 0.251 e. The van der Waals surface area contributed by atoms with Crippen LogP contribution in [-0.4, -0.2) is 44.8 Å². The van der Waals surface area contributed by atoms with Crippen LogP contribution in [0.15, 0.2) is 59.5 Å². The van der Waals surface area contributed by atoms with Gasteiger partial charge in [0, 0.05) is 37.4 Å². The van der Waals surface area contributed by atoms with Gasteiger partial charge in [0.05, 0.1) is 4.90 Å². The minimum absolute atomic E-state index is 0.192. The van der Waals surface area contributed by atoms with Gasteiger partial charge < -0.3 is 10.6 Å². The number of carbonyl (C=O) groups excluding carboxylic acids is 1. The van der Waals surface area contributed by atoms with Crippen LogP contribution in [0, 0.1) is 0 Å². The largest absolute Gasteiger partial charge is 0.385 e. The maximum Gasteiger partial charge on any atom is 0.251 e. The second-order valence-electron chi connectivity index (χ2n) is 7.25. The Morgan fingerprint density at radius 2 is 1.62 bits per heavy atom. The molecule has 1 aliphatic rings. The summed E-state index contributed by atoms with van der Waals surface area (Å²) < 4.78 is 27.4. The van der Waals surface area contributed by atoms with Gasteiger partial charge in [-0.05, 0) is 49.6 Å². The van der Waals surface area contributed by atoms with Crippen molar-refractivity contribution in [2.45, 2.75) is 37.0 Å². The van der Waals surface area contributed by atoms with E-state index in [2.05, 4.69) is 10.6 Å². The number of amides is 1. The second-order valence-corrected chi connectivity index (χ2v) is 9.19. The summed E-state index contributed by atoms with van der Waals surface area (Å²) in [4.78, 5) is 12.6. The molecule has 6 nitrogen and oxygen atoms in total. The van der Waals surface area contributed by atoms with E-state index in [9.17, 15) is 13.2 Å². The summed E-state index contributed by atoms with van der Waals surface area (Å²) in [7, 11) is -3.56. The lowest BCUT2D eigenvalue weighted by Gasteiger charge is -2.20. The molecule has 1 fully saturated rings. The molecule has 2 aromatic rings. The SMILES string of the molecule is O=C(NCCCNc1ccccc1)c1cccc(S(=O)(=O)N2CCCCCC2)c1. The maximum atomic E-state index is 12.9. The van der Waals surface area contributed by atoms with Crippen LogP contribution in [0.2, 0.25) is 0 Å². The third-order valence-corrected chi connectivity index (χ3v) is 6.94. The first-order valence-electron chi connectivity index (χ1n) is 10.2. The molecule has 0 bridgehead atoms. The van der Waals surface area contributed by atoms with Crippen LogP contribution >= 0.6 is 0 Å². The van der Waals surface area contributed by atoms with E-state index in [1.54, 1.807) is 22.5 Å². The van der Waals surface area contributed by atoms with Crippen molar-refractivity contribution < 1.29 is 13.2 Å². The molecule has 0 aromatic heterocycles.